The van der Waals surface area contributed by atoms with E-state index < -0.39 is 6.09 Å². The van der Waals surface area contributed by atoms with Gasteiger partial charge in [0.25, 0.3) is 0 Å². The van der Waals surface area contributed by atoms with Crippen molar-refractivity contribution in [3.8, 4) is 0 Å². The standard InChI is InChI=1S/C12H15NO3/c14-12(13-10-5-2-1-3-6-10)16-9-11-7-4-8-15-11/h1-3,5-6,11H,4,7-9H2,(H,13,14)/t11-/m0/s1. The fourth-order valence-corrected chi connectivity index (χ4v) is 1.62. The second-order valence-corrected chi connectivity index (χ2v) is 3.72. The molecule has 1 saturated heterocycles. The van der Waals surface area contributed by atoms with Gasteiger partial charge in [-0.05, 0) is 25.0 Å². The number of rotatable bonds is 3. The molecule has 1 aromatic rings. The molecule has 86 valence electrons. The van der Waals surface area contributed by atoms with E-state index in [1.165, 1.54) is 0 Å². The Morgan fingerprint density at radius 1 is 1.44 bits per heavy atom. The molecule has 1 amide bonds. The zero-order valence-corrected chi connectivity index (χ0v) is 9.02. The average Bonchev–Trinajstić information content (AvgIpc) is 2.81. The van der Waals surface area contributed by atoms with Gasteiger partial charge in [0.15, 0.2) is 0 Å². The topological polar surface area (TPSA) is 47.6 Å². The number of amides is 1. The summed E-state index contributed by atoms with van der Waals surface area (Å²) in [7, 11) is 0. The van der Waals surface area contributed by atoms with Crippen LogP contribution >= 0.6 is 0 Å². The first kappa shape index (κ1) is 11.0. The van der Waals surface area contributed by atoms with Crippen LogP contribution in [-0.4, -0.2) is 25.4 Å². The Morgan fingerprint density at radius 3 is 2.94 bits per heavy atom. The number of para-hydroxylation sites is 1. The summed E-state index contributed by atoms with van der Waals surface area (Å²) < 4.78 is 10.4. The van der Waals surface area contributed by atoms with E-state index in [1.807, 2.05) is 30.3 Å². The molecule has 16 heavy (non-hydrogen) atoms. The quantitative estimate of drug-likeness (QED) is 0.852. The summed E-state index contributed by atoms with van der Waals surface area (Å²) in [5.74, 6) is 0. The largest absolute Gasteiger partial charge is 0.447 e. The zero-order valence-electron chi connectivity index (χ0n) is 9.02. The Morgan fingerprint density at radius 2 is 2.25 bits per heavy atom. The lowest BCUT2D eigenvalue weighted by Gasteiger charge is -2.10. The first-order valence-corrected chi connectivity index (χ1v) is 5.45. The van der Waals surface area contributed by atoms with Gasteiger partial charge in [0, 0.05) is 12.3 Å². The highest BCUT2D eigenvalue weighted by Gasteiger charge is 2.17. The Bertz CT molecular complexity index is 333. The molecule has 0 aromatic heterocycles. The van der Waals surface area contributed by atoms with Gasteiger partial charge in [-0.25, -0.2) is 4.79 Å². The first-order valence-electron chi connectivity index (χ1n) is 5.45. The van der Waals surface area contributed by atoms with E-state index in [0.717, 1.165) is 25.1 Å². The minimum atomic E-state index is -0.429. The van der Waals surface area contributed by atoms with Crippen molar-refractivity contribution in [3.05, 3.63) is 30.3 Å². The van der Waals surface area contributed by atoms with E-state index in [0.29, 0.717) is 6.61 Å². The molecule has 0 unspecified atom stereocenters. The van der Waals surface area contributed by atoms with E-state index in [9.17, 15) is 4.79 Å². The van der Waals surface area contributed by atoms with Crippen LogP contribution in [0.15, 0.2) is 30.3 Å². The number of ether oxygens (including phenoxy) is 2. The number of anilines is 1. The summed E-state index contributed by atoms with van der Waals surface area (Å²) in [6, 6.07) is 9.23. The van der Waals surface area contributed by atoms with Gasteiger partial charge in [-0.15, -0.1) is 0 Å². The monoisotopic (exact) mass is 221 g/mol. The van der Waals surface area contributed by atoms with Crippen LogP contribution in [0.4, 0.5) is 10.5 Å². The first-order chi connectivity index (χ1) is 7.84. The molecule has 1 heterocycles. The summed E-state index contributed by atoms with van der Waals surface area (Å²) in [4.78, 5) is 11.4. The Hall–Kier alpha value is -1.55. The second kappa shape index (κ2) is 5.51. The number of benzene rings is 1. The third-order valence-electron chi connectivity index (χ3n) is 2.44. The summed E-state index contributed by atoms with van der Waals surface area (Å²) in [5.41, 5.74) is 0.736. The zero-order chi connectivity index (χ0) is 11.2. The normalized spacial score (nSPS) is 19.4. The minimum Gasteiger partial charge on any atom is -0.447 e. The van der Waals surface area contributed by atoms with Gasteiger partial charge in [-0.2, -0.15) is 0 Å². The molecule has 0 bridgehead atoms. The van der Waals surface area contributed by atoms with Gasteiger partial charge in [-0.1, -0.05) is 18.2 Å². The molecule has 1 fully saturated rings. The molecule has 0 radical (unpaired) electrons. The molecule has 1 N–H and O–H groups in total. The van der Waals surface area contributed by atoms with Crippen molar-refractivity contribution >= 4 is 11.8 Å². The van der Waals surface area contributed by atoms with Crippen LogP contribution in [0.1, 0.15) is 12.8 Å². The second-order valence-electron chi connectivity index (χ2n) is 3.72. The molecule has 1 atom stereocenters. The Balaban J connectivity index is 1.72. The van der Waals surface area contributed by atoms with Crippen molar-refractivity contribution in [2.75, 3.05) is 18.5 Å². The Labute approximate surface area is 94.6 Å². The van der Waals surface area contributed by atoms with Gasteiger partial charge in [-0.3, -0.25) is 5.32 Å². The highest BCUT2D eigenvalue weighted by Crippen LogP contribution is 2.12. The SMILES string of the molecule is O=C(Nc1ccccc1)OC[C@@H]1CCCO1. The lowest BCUT2D eigenvalue weighted by Crippen LogP contribution is -2.21. The molecule has 1 aromatic carbocycles. The predicted molar refractivity (Wildman–Crippen MR) is 60.4 cm³/mol. The molecule has 4 nitrogen and oxygen atoms in total. The van der Waals surface area contributed by atoms with E-state index in [1.54, 1.807) is 0 Å². The lowest BCUT2D eigenvalue weighted by molar-refractivity contribution is 0.0484. The maximum absolute atomic E-state index is 11.4. The summed E-state index contributed by atoms with van der Waals surface area (Å²) in [5, 5.41) is 2.65. The maximum atomic E-state index is 11.4. The Kier molecular flexibility index (Phi) is 3.77. The fraction of sp³-hybridized carbons (Fsp3) is 0.417. The third kappa shape index (κ3) is 3.24. The molecule has 0 saturated carbocycles. The highest BCUT2D eigenvalue weighted by atomic mass is 16.6. The minimum absolute atomic E-state index is 0.0709. The summed E-state index contributed by atoms with van der Waals surface area (Å²) in [6.45, 7) is 1.10. The van der Waals surface area contributed by atoms with Crippen LogP contribution in [0, 0.1) is 0 Å². The van der Waals surface area contributed by atoms with Gasteiger partial charge in [0.2, 0.25) is 0 Å². The fourth-order valence-electron chi connectivity index (χ4n) is 1.62. The number of carbonyl (C=O) groups excluding carboxylic acids is 1. The third-order valence-corrected chi connectivity index (χ3v) is 2.44. The van der Waals surface area contributed by atoms with Gasteiger partial charge < -0.3 is 9.47 Å². The van der Waals surface area contributed by atoms with Gasteiger partial charge in [0.1, 0.15) is 6.61 Å². The van der Waals surface area contributed by atoms with Crippen molar-refractivity contribution < 1.29 is 14.3 Å². The number of hydrogen-bond donors (Lipinski definition) is 1. The van der Waals surface area contributed by atoms with E-state index >= 15 is 0 Å². The maximum Gasteiger partial charge on any atom is 0.411 e. The van der Waals surface area contributed by atoms with Crippen LogP contribution < -0.4 is 5.32 Å². The lowest BCUT2D eigenvalue weighted by atomic mass is 10.2. The number of carbonyl (C=O) groups is 1. The molecule has 2 rings (SSSR count). The van der Waals surface area contributed by atoms with Gasteiger partial charge >= 0.3 is 6.09 Å². The number of hydrogen-bond acceptors (Lipinski definition) is 3. The molecular formula is C12H15NO3. The highest BCUT2D eigenvalue weighted by molar-refractivity contribution is 5.84. The van der Waals surface area contributed by atoms with Crippen molar-refractivity contribution in [1.29, 1.82) is 0 Å². The molecule has 1 aliphatic rings. The predicted octanol–water partition coefficient (Wildman–Crippen LogP) is 2.41. The van der Waals surface area contributed by atoms with E-state index in [2.05, 4.69) is 5.32 Å². The molecule has 0 spiro atoms. The van der Waals surface area contributed by atoms with Crippen molar-refractivity contribution in [2.45, 2.75) is 18.9 Å². The average molecular weight is 221 g/mol. The van der Waals surface area contributed by atoms with Crippen LogP contribution in [0.3, 0.4) is 0 Å². The van der Waals surface area contributed by atoms with Crippen molar-refractivity contribution in [2.24, 2.45) is 0 Å². The van der Waals surface area contributed by atoms with E-state index in [4.69, 9.17) is 9.47 Å². The molecule has 0 aliphatic carbocycles. The van der Waals surface area contributed by atoms with Crippen LogP contribution in [0.25, 0.3) is 0 Å². The van der Waals surface area contributed by atoms with Crippen LogP contribution in [-0.2, 0) is 9.47 Å². The van der Waals surface area contributed by atoms with Crippen LogP contribution in [0.2, 0.25) is 0 Å². The van der Waals surface area contributed by atoms with E-state index in [-0.39, 0.29) is 6.10 Å². The molecule has 4 heteroatoms. The van der Waals surface area contributed by atoms with Crippen molar-refractivity contribution in [1.82, 2.24) is 0 Å². The summed E-state index contributed by atoms with van der Waals surface area (Å²) in [6.07, 6.45) is 1.66. The smallest absolute Gasteiger partial charge is 0.411 e. The van der Waals surface area contributed by atoms with Crippen molar-refractivity contribution in [3.63, 3.8) is 0 Å². The summed E-state index contributed by atoms with van der Waals surface area (Å²) >= 11 is 0. The van der Waals surface area contributed by atoms with Crippen LogP contribution in [0.5, 0.6) is 0 Å². The molecule has 1 aliphatic heterocycles. The van der Waals surface area contributed by atoms with Gasteiger partial charge in [0.05, 0.1) is 6.10 Å². The number of nitrogens with one attached hydrogen (secondary N) is 1. The molecular weight excluding hydrogens is 206 g/mol.